The second kappa shape index (κ2) is 4.58. The normalized spacial score (nSPS) is 25.9. The van der Waals surface area contributed by atoms with Crippen molar-refractivity contribution >= 4 is 17.4 Å². The molecule has 0 radical (unpaired) electrons. The molecule has 1 aromatic heterocycles. The van der Waals surface area contributed by atoms with E-state index in [2.05, 4.69) is 28.7 Å². The molecule has 3 nitrogen and oxygen atoms in total. The van der Waals surface area contributed by atoms with Gasteiger partial charge in [-0.3, -0.25) is 0 Å². The van der Waals surface area contributed by atoms with Crippen LogP contribution in [0, 0.1) is 6.92 Å². The second-order valence-electron chi connectivity index (χ2n) is 4.63. The predicted octanol–water partition coefficient (Wildman–Crippen LogP) is 3.21. The van der Waals surface area contributed by atoms with Crippen molar-refractivity contribution in [3.05, 3.63) is 17.0 Å². The molecular weight excluding hydrogens is 222 g/mol. The number of halogens is 1. The molecule has 2 heterocycles. The number of anilines is 1. The summed E-state index contributed by atoms with van der Waals surface area (Å²) < 4.78 is 0. The third-order valence-corrected chi connectivity index (χ3v) is 3.44. The van der Waals surface area contributed by atoms with E-state index in [4.69, 9.17) is 11.6 Å². The van der Waals surface area contributed by atoms with Crippen molar-refractivity contribution in [1.29, 1.82) is 0 Å². The number of nitrogens with zero attached hydrogens (tertiary/aromatic N) is 3. The highest BCUT2D eigenvalue weighted by Gasteiger charge is 2.26. The smallest absolute Gasteiger partial charge is 0.134 e. The van der Waals surface area contributed by atoms with Crippen molar-refractivity contribution < 1.29 is 0 Å². The van der Waals surface area contributed by atoms with Gasteiger partial charge in [-0.2, -0.15) is 0 Å². The van der Waals surface area contributed by atoms with E-state index < -0.39 is 0 Å². The Labute approximate surface area is 102 Å². The number of hydrogen-bond acceptors (Lipinski definition) is 3. The SMILES string of the molecule is Cc1nc(Cl)cc(N2[C@H](C)CCC[C@@H]2C)n1. The Morgan fingerprint density at radius 3 is 2.44 bits per heavy atom. The molecule has 0 bridgehead atoms. The first-order valence-corrected chi connectivity index (χ1v) is 6.25. The molecule has 2 rings (SSSR count). The molecule has 1 saturated heterocycles. The van der Waals surface area contributed by atoms with E-state index in [0.29, 0.717) is 17.2 Å². The number of aryl methyl sites for hydroxylation is 1. The van der Waals surface area contributed by atoms with E-state index in [9.17, 15) is 0 Å². The van der Waals surface area contributed by atoms with Crippen molar-refractivity contribution in [1.82, 2.24) is 9.97 Å². The van der Waals surface area contributed by atoms with Gasteiger partial charge in [-0.05, 0) is 40.0 Å². The van der Waals surface area contributed by atoms with Crippen LogP contribution < -0.4 is 4.90 Å². The van der Waals surface area contributed by atoms with Gasteiger partial charge in [-0.25, -0.2) is 9.97 Å². The Kier molecular flexibility index (Phi) is 3.33. The van der Waals surface area contributed by atoms with E-state index in [-0.39, 0.29) is 0 Å². The van der Waals surface area contributed by atoms with Crippen LogP contribution in [0.4, 0.5) is 5.82 Å². The molecular formula is C12H18ClN3. The van der Waals surface area contributed by atoms with Gasteiger partial charge < -0.3 is 4.90 Å². The van der Waals surface area contributed by atoms with E-state index in [1.54, 1.807) is 0 Å². The van der Waals surface area contributed by atoms with Crippen molar-refractivity contribution in [2.45, 2.75) is 52.1 Å². The monoisotopic (exact) mass is 239 g/mol. The fraction of sp³-hybridized carbons (Fsp3) is 0.667. The Bertz CT molecular complexity index is 350. The second-order valence-corrected chi connectivity index (χ2v) is 5.02. The summed E-state index contributed by atoms with van der Waals surface area (Å²) in [6.07, 6.45) is 3.76. The van der Waals surface area contributed by atoms with Crippen LogP contribution in [0.2, 0.25) is 5.15 Å². The van der Waals surface area contributed by atoms with E-state index in [1.165, 1.54) is 19.3 Å². The first kappa shape index (κ1) is 11.6. The van der Waals surface area contributed by atoms with E-state index in [0.717, 1.165) is 11.6 Å². The van der Waals surface area contributed by atoms with Crippen LogP contribution >= 0.6 is 11.6 Å². The summed E-state index contributed by atoms with van der Waals surface area (Å²) in [5, 5.41) is 0.535. The van der Waals surface area contributed by atoms with E-state index in [1.807, 2.05) is 13.0 Å². The Balaban J connectivity index is 2.33. The molecule has 1 aliphatic heterocycles. The third-order valence-electron chi connectivity index (χ3n) is 3.25. The summed E-state index contributed by atoms with van der Waals surface area (Å²) in [6, 6.07) is 2.94. The maximum atomic E-state index is 5.99. The summed E-state index contributed by atoms with van der Waals surface area (Å²) in [5.74, 6) is 1.71. The van der Waals surface area contributed by atoms with Gasteiger partial charge in [0, 0.05) is 18.2 Å². The van der Waals surface area contributed by atoms with Gasteiger partial charge in [-0.1, -0.05) is 11.6 Å². The largest absolute Gasteiger partial charge is 0.351 e. The van der Waals surface area contributed by atoms with Crippen LogP contribution in [0.15, 0.2) is 6.07 Å². The van der Waals surface area contributed by atoms with E-state index >= 15 is 0 Å². The lowest BCUT2D eigenvalue weighted by Gasteiger charge is -2.40. The third kappa shape index (κ3) is 2.29. The fourth-order valence-corrected chi connectivity index (χ4v) is 2.74. The fourth-order valence-electron chi connectivity index (χ4n) is 2.52. The number of hydrogen-bond donors (Lipinski definition) is 0. The predicted molar refractivity (Wildman–Crippen MR) is 67.0 cm³/mol. The molecule has 0 unspecified atom stereocenters. The number of piperidine rings is 1. The summed E-state index contributed by atoms with van der Waals surface area (Å²) in [6.45, 7) is 6.39. The van der Waals surface area contributed by atoms with Crippen LogP contribution in [-0.2, 0) is 0 Å². The minimum Gasteiger partial charge on any atom is -0.351 e. The summed E-state index contributed by atoms with van der Waals surface area (Å²) in [5.41, 5.74) is 0. The zero-order valence-corrected chi connectivity index (χ0v) is 10.8. The minimum absolute atomic E-state index is 0.535. The average molecular weight is 240 g/mol. The van der Waals surface area contributed by atoms with Gasteiger partial charge in [0.25, 0.3) is 0 Å². The molecule has 4 heteroatoms. The standard InChI is InChI=1S/C12H18ClN3/c1-8-5-4-6-9(2)16(8)12-7-11(13)14-10(3)15-12/h7-9H,4-6H2,1-3H3/t8-,9+. The highest BCUT2D eigenvalue weighted by Crippen LogP contribution is 2.28. The Morgan fingerprint density at radius 2 is 1.88 bits per heavy atom. The highest BCUT2D eigenvalue weighted by molar-refractivity contribution is 6.29. The van der Waals surface area contributed by atoms with Crippen LogP contribution in [0.25, 0.3) is 0 Å². The van der Waals surface area contributed by atoms with Crippen molar-refractivity contribution in [3.8, 4) is 0 Å². The first-order chi connectivity index (χ1) is 7.58. The van der Waals surface area contributed by atoms with Crippen molar-refractivity contribution in [3.63, 3.8) is 0 Å². The van der Waals surface area contributed by atoms with Gasteiger partial charge in [-0.15, -0.1) is 0 Å². The molecule has 0 N–H and O–H groups in total. The zero-order valence-electron chi connectivity index (χ0n) is 10.1. The number of aromatic nitrogens is 2. The maximum absolute atomic E-state index is 5.99. The minimum atomic E-state index is 0.535. The van der Waals surface area contributed by atoms with Crippen molar-refractivity contribution in [2.75, 3.05) is 4.90 Å². The summed E-state index contributed by atoms with van der Waals surface area (Å²) in [4.78, 5) is 11.0. The molecule has 0 spiro atoms. The first-order valence-electron chi connectivity index (χ1n) is 5.87. The van der Waals surface area contributed by atoms with Crippen molar-refractivity contribution in [2.24, 2.45) is 0 Å². The molecule has 0 saturated carbocycles. The molecule has 0 aliphatic carbocycles. The lowest BCUT2D eigenvalue weighted by molar-refractivity contribution is 0.411. The summed E-state index contributed by atoms with van der Waals surface area (Å²) >= 11 is 5.99. The molecule has 1 fully saturated rings. The van der Waals surface area contributed by atoms with Crippen LogP contribution in [0.1, 0.15) is 38.9 Å². The summed E-state index contributed by atoms with van der Waals surface area (Å²) in [7, 11) is 0. The Hall–Kier alpha value is -0.830. The van der Waals surface area contributed by atoms with Gasteiger partial charge in [0.1, 0.15) is 16.8 Å². The molecule has 1 aliphatic rings. The van der Waals surface area contributed by atoms with Gasteiger partial charge in [0.2, 0.25) is 0 Å². The molecule has 1 aromatic rings. The molecule has 88 valence electrons. The molecule has 0 amide bonds. The topological polar surface area (TPSA) is 29.0 Å². The number of rotatable bonds is 1. The average Bonchev–Trinajstić information content (AvgIpc) is 2.15. The maximum Gasteiger partial charge on any atom is 0.134 e. The molecule has 16 heavy (non-hydrogen) atoms. The van der Waals surface area contributed by atoms with Gasteiger partial charge in [0.15, 0.2) is 0 Å². The Morgan fingerprint density at radius 1 is 1.25 bits per heavy atom. The lowest BCUT2D eigenvalue weighted by Crippen LogP contribution is -2.44. The lowest BCUT2D eigenvalue weighted by atomic mass is 9.97. The van der Waals surface area contributed by atoms with Crippen LogP contribution in [0.5, 0.6) is 0 Å². The quantitative estimate of drug-likeness (QED) is 0.705. The van der Waals surface area contributed by atoms with Gasteiger partial charge >= 0.3 is 0 Å². The zero-order chi connectivity index (χ0) is 11.7. The van der Waals surface area contributed by atoms with Crippen LogP contribution in [-0.4, -0.2) is 22.1 Å². The molecule has 0 aromatic carbocycles. The molecule has 2 atom stereocenters. The van der Waals surface area contributed by atoms with Gasteiger partial charge in [0.05, 0.1) is 0 Å². The van der Waals surface area contributed by atoms with Crippen LogP contribution in [0.3, 0.4) is 0 Å². The highest BCUT2D eigenvalue weighted by atomic mass is 35.5.